The van der Waals surface area contributed by atoms with Crippen LogP contribution in [0.4, 0.5) is 0 Å². The summed E-state index contributed by atoms with van der Waals surface area (Å²) < 4.78 is 5.33. The standard InChI is InChI=1S/C24H40O3/c1-5-6-9-16-22(25)17-11-8-7-10-14-20-19-21(20)15-12-13-18-23(26)27-24(2,3)4/h7-8,20-22,25H,5-6,9-10,12-16,18-19H2,1-4H3/b8-7-/t20-,21+,22?/m0/s1. The average molecular weight is 377 g/mol. The molecule has 27 heavy (non-hydrogen) atoms. The van der Waals surface area contributed by atoms with Gasteiger partial charge in [0.15, 0.2) is 0 Å². The number of hydrogen-bond acceptors (Lipinski definition) is 3. The van der Waals surface area contributed by atoms with E-state index >= 15 is 0 Å². The summed E-state index contributed by atoms with van der Waals surface area (Å²) in [6.45, 7) is 7.90. The number of rotatable bonds is 12. The zero-order valence-corrected chi connectivity index (χ0v) is 17.9. The first-order valence-electron chi connectivity index (χ1n) is 10.9. The van der Waals surface area contributed by atoms with E-state index in [1.165, 1.54) is 25.7 Å². The summed E-state index contributed by atoms with van der Waals surface area (Å²) in [5, 5.41) is 9.72. The number of carbonyl (C=O) groups is 1. The number of ether oxygens (including phenoxy) is 1. The van der Waals surface area contributed by atoms with Gasteiger partial charge in [-0.25, -0.2) is 0 Å². The molecule has 0 bridgehead atoms. The summed E-state index contributed by atoms with van der Waals surface area (Å²) in [6.07, 6.45) is 15.2. The van der Waals surface area contributed by atoms with Gasteiger partial charge in [-0.15, -0.1) is 0 Å². The Morgan fingerprint density at radius 2 is 1.93 bits per heavy atom. The summed E-state index contributed by atoms with van der Waals surface area (Å²) >= 11 is 0. The largest absolute Gasteiger partial charge is 0.460 e. The predicted octanol–water partition coefficient (Wildman–Crippen LogP) is 5.81. The maximum Gasteiger partial charge on any atom is 0.306 e. The Hall–Kier alpha value is -1.27. The summed E-state index contributed by atoms with van der Waals surface area (Å²) in [5.74, 6) is 7.48. The molecule has 1 aliphatic rings. The molecule has 1 rings (SSSR count). The fourth-order valence-corrected chi connectivity index (χ4v) is 3.34. The van der Waals surface area contributed by atoms with Crippen LogP contribution in [0.25, 0.3) is 0 Å². The minimum Gasteiger partial charge on any atom is -0.460 e. The van der Waals surface area contributed by atoms with E-state index in [1.54, 1.807) is 0 Å². The lowest BCUT2D eigenvalue weighted by atomic mass is 10.1. The molecule has 0 aromatic heterocycles. The lowest BCUT2D eigenvalue weighted by Crippen LogP contribution is -2.23. The van der Waals surface area contributed by atoms with Crippen molar-refractivity contribution in [3.05, 3.63) is 12.2 Å². The Morgan fingerprint density at radius 1 is 1.19 bits per heavy atom. The van der Waals surface area contributed by atoms with Crippen LogP contribution in [0.2, 0.25) is 0 Å². The molecule has 154 valence electrons. The fraction of sp³-hybridized carbons (Fsp3) is 0.792. The highest BCUT2D eigenvalue weighted by Crippen LogP contribution is 2.45. The van der Waals surface area contributed by atoms with Crippen LogP contribution in [0, 0.1) is 23.7 Å². The van der Waals surface area contributed by atoms with Crippen LogP contribution in [0.5, 0.6) is 0 Å². The van der Waals surface area contributed by atoms with E-state index in [2.05, 4.69) is 24.8 Å². The molecule has 0 spiro atoms. The lowest BCUT2D eigenvalue weighted by molar-refractivity contribution is -0.154. The van der Waals surface area contributed by atoms with E-state index in [0.29, 0.717) is 6.42 Å². The molecule has 0 saturated heterocycles. The Kier molecular flexibility index (Phi) is 11.4. The first kappa shape index (κ1) is 23.8. The van der Waals surface area contributed by atoms with E-state index in [4.69, 9.17) is 4.74 Å². The van der Waals surface area contributed by atoms with Crippen LogP contribution in [0.1, 0.15) is 98.3 Å². The number of allylic oxidation sites excluding steroid dienone is 2. The molecule has 3 atom stereocenters. The van der Waals surface area contributed by atoms with Gasteiger partial charge in [0, 0.05) is 6.42 Å². The van der Waals surface area contributed by atoms with Gasteiger partial charge in [0.25, 0.3) is 0 Å². The van der Waals surface area contributed by atoms with Gasteiger partial charge in [-0.2, -0.15) is 0 Å². The van der Waals surface area contributed by atoms with E-state index in [1.807, 2.05) is 26.8 Å². The molecule has 0 aliphatic heterocycles. The number of carbonyl (C=O) groups excluding carboxylic acids is 1. The second-order valence-electron chi connectivity index (χ2n) is 8.87. The van der Waals surface area contributed by atoms with Crippen molar-refractivity contribution < 1.29 is 14.6 Å². The average Bonchev–Trinajstić information content (AvgIpc) is 3.32. The maximum absolute atomic E-state index is 11.7. The summed E-state index contributed by atoms with van der Waals surface area (Å²) in [6, 6.07) is 0. The number of aliphatic hydroxyl groups is 1. The molecule has 0 amide bonds. The molecular formula is C24H40O3. The van der Waals surface area contributed by atoms with Crippen molar-refractivity contribution in [3.63, 3.8) is 0 Å². The van der Waals surface area contributed by atoms with Crippen LogP contribution in [-0.4, -0.2) is 22.8 Å². The number of unbranched alkanes of at least 4 members (excludes halogenated alkanes) is 3. The van der Waals surface area contributed by atoms with Gasteiger partial charge in [0.2, 0.25) is 0 Å². The van der Waals surface area contributed by atoms with Gasteiger partial charge in [-0.1, -0.05) is 50.5 Å². The molecule has 0 radical (unpaired) electrons. The van der Waals surface area contributed by atoms with Gasteiger partial charge >= 0.3 is 5.97 Å². The van der Waals surface area contributed by atoms with Gasteiger partial charge in [0.1, 0.15) is 11.7 Å². The molecule has 1 aliphatic carbocycles. The molecule has 1 unspecified atom stereocenters. The summed E-state index contributed by atoms with van der Waals surface area (Å²) in [5.41, 5.74) is -0.371. The third-order valence-corrected chi connectivity index (χ3v) is 4.93. The van der Waals surface area contributed by atoms with Gasteiger partial charge in [-0.3, -0.25) is 4.79 Å². The molecule has 1 N–H and O–H groups in total. The van der Waals surface area contributed by atoms with Crippen LogP contribution >= 0.6 is 0 Å². The minimum atomic E-state index is -0.477. The third kappa shape index (κ3) is 13.5. The second kappa shape index (κ2) is 13.0. The Morgan fingerprint density at radius 3 is 2.63 bits per heavy atom. The minimum absolute atomic E-state index is 0.0726. The Bertz CT molecular complexity index is 504. The Balaban J connectivity index is 2.00. The van der Waals surface area contributed by atoms with Crippen molar-refractivity contribution in [1.29, 1.82) is 0 Å². The first-order chi connectivity index (χ1) is 12.8. The van der Waals surface area contributed by atoms with Crippen LogP contribution in [-0.2, 0) is 9.53 Å². The molecule has 0 heterocycles. The van der Waals surface area contributed by atoms with Gasteiger partial charge in [-0.05, 0) is 77.2 Å². The monoisotopic (exact) mass is 376 g/mol. The molecule has 0 aromatic carbocycles. The first-order valence-corrected chi connectivity index (χ1v) is 10.9. The summed E-state index contributed by atoms with van der Waals surface area (Å²) in [7, 11) is 0. The molecule has 3 nitrogen and oxygen atoms in total. The molecule has 1 fully saturated rings. The Labute approximate surface area is 167 Å². The second-order valence-corrected chi connectivity index (χ2v) is 8.87. The van der Waals surface area contributed by atoms with Crippen LogP contribution in [0.15, 0.2) is 12.2 Å². The van der Waals surface area contributed by atoms with Crippen LogP contribution < -0.4 is 0 Å². The van der Waals surface area contributed by atoms with Crippen molar-refractivity contribution in [1.82, 2.24) is 0 Å². The van der Waals surface area contributed by atoms with Crippen molar-refractivity contribution in [2.75, 3.05) is 0 Å². The van der Waals surface area contributed by atoms with E-state index in [0.717, 1.165) is 50.4 Å². The van der Waals surface area contributed by atoms with Crippen molar-refractivity contribution >= 4 is 5.97 Å². The fourth-order valence-electron chi connectivity index (χ4n) is 3.34. The maximum atomic E-state index is 11.7. The number of aliphatic hydroxyl groups excluding tert-OH is 1. The van der Waals surface area contributed by atoms with Crippen molar-refractivity contribution in [2.45, 2.75) is 110 Å². The number of esters is 1. The number of hydrogen-bond donors (Lipinski definition) is 1. The molecular weight excluding hydrogens is 336 g/mol. The SMILES string of the molecule is CCCCCC(O)C#C/C=C\CC[C@H]1C[C@H]1CCCCC(=O)OC(C)(C)C. The van der Waals surface area contributed by atoms with Gasteiger partial charge < -0.3 is 9.84 Å². The highest BCUT2D eigenvalue weighted by molar-refractivity contribution is 5.69. The van der Waals surface area contributed by atoms with Crippen LogP contribution in [0.3, 0.4) is 0 Å². The quantitative estimate of drug-likeness (QED) is 0.266. The molecule has 1 saturated carbocycles. The van der Waals surface area contributed by atoms with Crippen molar-refractivity contribution in [2.24, 2.45) is 11.8 Å². The predicted molar refractivity (Wildman–Crippen MR) is 112 cm³/mol. The smallest absolute Gasteiger partial charge is 0.306 e. The zero-order chi connectivity index (χ0) is 20.1. The highest BCUT2D eigenvalue weighted by atomic mass is 16.6. The van der Waals surface area contributed by atoms with E-state index in [-0.39, 0.29) is 11.6 Å². The lowest BCUT2D eigenvalue weighted by Gasteiger charge is -2.19. The zero-order valence-electron chi connectivity index (χ0n) is 17.9. The highest BCUT2D eigenvalue weighted by Gasteiger charge is 2.35. The van der Waals surface area contributed by atoms with E-state index < -0.39 is 6.10 Å². The third-order valence-electron chi connectivity index (χ3n) is 4.93. The normalized spacial score (nSPS) is 20.2. The topological polar surface area (TPSA) is 46.5 Å². The molecule has 0 aromatic rings. The van der Waals surface area contributed by atoms with Gasteiger partial charge in [0.05, 0.1) is 0 Å². The van der Waals surface area contributed by atoms with E-state index in [9.17, 15) is 9.90 Å². The molecule has 3 heteroatoms. The van der Waals surface area contributed by atoms with Crippen molar-refractivity contribution in [3.8, 4) is 11.8 Å². The summed E-state index contributed by atoms with van der Waals surface area (Å²) in [4.78, 5) is 11.7.